The number of carbonyl (C=O) groups excluding carboxylic acids is 1. The zero-order valence-corrected chi connectivity index (χ0v) is 14.8. The minimum absolute atomic E-state index is 0.0587. The summed E-state index contributed by atoms with van der Waals surface area (Å²) in [7, 11) is 0. The van der Waals surface area contributed by atoms with E-state index in [0.29, 0.717) is 11.1 Å². The summed E-state index contributed by atoms with van der Waals surface area (Å²) in [4.78, 5) is 16.3. The van der Waals surface area contributed by atoms with E-state index in [9.17, 15) is 9.18 Å². The monoisotopic (exact) mass is 348 g/mol. The molecule has 0 fully saturated rings. The molecule has 24 heavy (non-hydrogen) atoms. The zero-order chi connectivity index (χ0) is 17.7. The van der Waals surface area contributed by atoms with Crippen molar-refractivity contribution >= 4 is 34.6 Å². The molecular weight excluding hydrogens is 327 g/mol. The summed E-state index contributed by atoms with van der Waals surface area (Å²) >= 11 is 1.26. The Hall–Kier alpha value is -2.08. The van der Waals surface area contributed by atoms with Crippen LogP contribution in [0.2, 0.25) is 0 Å². The Morgan fingerprint density at radius 1 is 1.50 bits per heavy atom. The number of aromatic nitrogens is 1. The summed E-state index contributed by atoms with van der Waals surface area (Å²) in [5.74, 6) is -0.419. The fourth-order valence-electron chi connectivity index (χ4n) is 2.12. The van der Waals surface area contributed by atoms with Crippen LogP contribution < -0.4 is 10.1 Å². The maximum Gasteiger partial charge on any atom is 0.271 e. The predicted octanol–water partition coefficient (Wildman–Crippen LogP) is 4.00. The number of nitrogens with one attached hydrogen (secondary N) is 1. The van der Waals surface area contributed by atoms with Crippen molar-refractivity contribution < 1.29 is 13.9 Å². The van der Waals surface area contributed by atoms with Crippen LogP contribution in [0.3, 0.4) is 0 Å². The first-order valence-corrected chi connectivity index (χ1v) is 8.98. The SMILES string of the molecule is C=Cc1cnc2c(F)cc(OC(SC)C(=O)NC(C)CC)cc2c1. The standard InChI is InChI=1S/C18H21FN2O2S/c1-5-11(3)21-17(22)18(24-4)23-14-8-13-7-12(6-2)10-20-16(13)15(19)9-14/h6-11,18H,2,5H2,1,3-4H3,(H,21,22). The highest BCUT2D eigenvalue weighted by Gasteiger charge is 2.21. The molecule has 6 heteroatoms. The summed E-state index contributed by atoms with van der Waals surface area (Å²) in [6, 6.07) is 4.77. The molecule has 0 saturated carbocycles. The van der Waals surface area contributed by atoms with Crippen molar-refractivity contribution in [1.29, 1.82) is 0 Å². The van der Waals surface area contributed by atoms with E-state index in [0.717, 1.165) is 12.0 Å². The van der Waals surface area contributed by atoms with E-state index in [2.05, 4.69) is 16.9 Å². The van der Waals surface area contributed by atoms with Crippen molar-refractivity contribution in [3.05, 3.63) is 42.4 Å². The van der Waals surface area contributed by atoms with Gasteiger partial charge in [-0.25, -0.2) is 4.39 Å². The van der Waals surface area contributed by atoms with Crippen LogP contribution in [0.4, 0.5) is 4.39 Å². The molecule has 0 radical (unpaired) electrons. The smallest absolute Gasteiger partial charge is 0.271 e. The summed E-state index contributed by atoms with van der Waals surface area (Å²) < 4.78 is 19.9. The molecule has 2 aromatic rings. The Balaban J connectivity index is 2.27. The average Bonchev–Trinajstić information content (AvgIpc) is 2.58. The van der Waals surface area contributed by atoms with Crippen molar-refractivity contribution in [2.75, 3.05) is 6.26 Å². The van der Waals surface area contributed by atoms with Gasteiger partial charge in [0.05, 0.1) is 0 Å². The van der Waals surface area contributed by atoms with Gasteiger partial charge < -0.3 is 10.1 Å². The van der Waals surface area contributed by atoms with Gasteiger partial charge in [-0.2, -0.15) is 0 Å². The number of thioether (sulfide) groups is 1. The average molecular weight is 348 g/mol. The summed E-state index contributed by atoms with van der Waals surface area (Å²) in [6.07, 6.45) is 5.80. The molecule has 0 aliphatic carbocycles. The molecule has 2 rings (SSSR count). The number of amides is 1. The topological polar surface area (TPSA) is 51.2 Å². The Bertz CT molecular complexity index is 751. The van der Waals surface area contributed by atoms with E-state index in [-0.39, 0.29) is 17.5 Å². The molecule has 1 aromatic heterocycles. The quantitative estimate of drug-likeness (QED) is 0.769. The first kappa shape index (κ1) is 18.3. The highest BCUT2D eigenvalue weighted by molar-refractivity contribution is 7.99. The van der Waals surface area contributed by atoms with Crippen LogP contribution in [0, 0.1) is 5.82 Å². The molecule has 1 heterocycles. The number of rotatable bonds is 7. The third kappa shape index (κ3) is 4.26. The Morgan fingerprint density at radius 2 is 2.25 bits per heavy atom. The lowest BCUT2D eigenvalue weighted by Gasteiger charge is -2.19. The van der Waals surface area contributed by atoms with Gasteiger partial charge >= 0.3 is 0 Å². The molecule has 1 N–H and O–H groups in total. The van der Waals surface area contributed by atoms with Crippen molar-refractivity contribution in [1.82, 2.24) is 10.3 Å². The fourth-order valence-corrected chi connectivity index (χ4v) is 2.61. The molecular formula is C18H21FN2O2S. The molecule has 4 nitrogen and oxygen atoms in total. The highest BCUT2D eigenvalue weighted by Crippen LogP contribution is 2.26. The van der Waals surface area contributed by atoms with Crippen molar-refractivity contribution in [3.8, 4) is 5.75 Å². The summed E-state index contributed by atoms with van der Waals surface area (Å²) in [5, 5.41) is 3.47. The lowest BCUT2D eigenvalue weighted by atomic mass is 10.1. The van der Waals surface area contributed by atoms with Gasteiger partial charge in [-0.05, 0) is 37.3 Å². The van der Waals surface area contributed by atoms with E-state index in [1.54, 1.807) is 30.7 Å². The van der Waals surface area contributed by atoms with Crippen LogP contribution in [-0.2, 0) is 4.79 Å². The fraction of sp³-hybridized carbons (Fsp3) is 0.333. The largest absolute Gasteiger partial charge is 0.470 e. The van der Waals surface area contributed by atoms with Crippen LogP contribution in [0.25, 0.3) is 17.0 Å². The van der Waals surface area contributed by atoms with Gasteiger partial charge in [0.2, 0.25) is 5.44 Å². The lowest BCUT2D eigenvalue weighted by Crippen LogP contribution is -2.40. The second-order valence-corrected chi connectivity index (χ2v) is 6.35. The normalized spacial score (nSPS) is 13.3. The van der Waals surface area contributed by atoms with Crippen molar-refractivity contribution in [3.63, 3.8) is 0 Å². The van der Waals surface area contributed by atoms with Crippen LogP contribution in [0.5, 0.6) is 5.75 Å². The molecule has 0 bridgehead atoms. The number of nitrogens with zero attached hydrogens (tertiary/aromatic N) is 1. The third-order valence-corrected chi connectivity index (χ3v) is 4.38. The van der Waals surface area contributed by atoms with Crippen molar-refractivity contribution in [2.24, 2.45) is 0 Å². The van der Waals surface area contributed by atoms with Gasteiger partial charge in [-0.3, -0.25) is 9.78 Å². The molecule has 0 spiro atoms. The lowest BCUT2D eigenvalue weighted by molar-refractivity contribution is -0.125. The maximum absolute atomic E-state index is 14.2. The van der Waals surface area contributed by atoms with Crippen LogP contribution in [0.1, 0.15) is 25.8 Å². The molecule has 0 aliphatic heterocycles. The second kappa shape index (κ2) is 8.15. The van der Waals surface area contributed by atoms with E-state index < -0.39 is 11.3 Å². The van der Waals surface area contributed by atoms with E-state index in [1.807, 2.05) is 13.8 Å². The zero-order valence-electron chi connectivity index (χ0n) is 14.0. The molecule has 0 aliphatic rings. The molecule has 0 saturated heterocycles. The molecule has 1 amide bonds. The van der Waals surface area contributed by atoms with Gasteiger partial charge in [0.25, 0.3) is 5.91 Å². The van der Waals surface area contributed by atoms with Gasteiger partial charge in [-0.1, -0.05) is 19.6 Å². The predicted molar refractivity (Wildman–Crippen MR) is 97.6 cm³/mol. The van der Waals surface area contributed by atoms with E-state index in [4.69, 9.17) is 4.74 Å². The minimum Gasteiger partial charge on any atom is -0.470 e. The molecule has 2 unspecified atom stereocenters. The van der Waals surface area contributed by atoms with Crippen LogP contribution >= 0.6 is 11.8 Å². The second-order valence-electron chi connectivity index (χ2n) is 5.45. The number of benzene rings is 1. The van der Waals surface area contributed by atoms with E-state index in [1.165, 1.54) is 17.8 Å². The van der Waals surface area contributed by atoms with Gasteiger partial charge in [0.15, 0.2) is 5.82 Å². The third-order valence-electron chi connectivity index (χ3n) is 3.64. The van der Waals surface area contributed by atoms with Gasteiger partial charge in [-0.15, -0.1) is 11.8 Å². The number of pyridine rings is 1. The summed E-state index contributed by atoms with van der Waals surface area (Å²) in [5.41, 5.74) is 0.305. The maximum atomic E-state index is 14.2. The van der Waals surface area contributed by atoms with Crippen LogP contribution in [-0.4, -0.2) is 28.6 Å². The molecule has 128 valence electrons. The molecule has 2 atom stereocenters. The van der Waals surface area contributed by atoms with Gasteiger partial charge in [0.1, 0.15) is 11.3 Å². The number of fused-ring (bicyclic) bond motifs is 1. The Morgan fingerprint density at radius 3 is 2.88 bits per heavy atom. The number of carbonyl (C=O) groups is 1. The number of hydrogen-bond acceptors (Lipinski definition) is 4. The number of ether oxygens (including phenoxy) is 1. The van der Waals surface area contributed by atoms with Gasteiger partial charge in [0, 0.05) is 23.7 Å². The number of hydrogen-bond donors (Lipinski definition) is 1. The molecule has 1 aromatic carbocycles. The van der Waals surface area contributed by atoms with E-state index >= 15 is 0 Å². The van der Waals surface area contributed by atoms with Crippen molar-refractivity contribution in [2.45, 2.75) is 31.7 Å². The minimum atomic E-state index is -0.744. The first-order valence-electron chi connectivity index (χ1n) is 7.70. The Labute approximate surface area is 145 Å². The number of halogens is 1. The first-order chi connectivity index (χ1) is 11.5. The van der Waals surface area contributed by atoms with Crippen LogP contribution in [0.15, 0.2) is 31.0 Å². The Kier molecular flexibility index (Phi) is 6.20. The highest BCUT2D eigenvalue weighted by atomic mass is 32.2. The summed E-state index contributed by atoms with van der Waals surface area (Å²) in [6.45, 7) is 7.59.